The van der Waals surface area contributed by atoms with E-state index in [4.69, 9.17) is 4.74 Å². The molecule has 0 spiro atoms. The highest BCUT2D eigenvalue weighted by Gasteiger charge is 2.17. The van der Waals surface area contributed by atoms with Gasteiger partial charge in [0.05, 0.1) is 7.11 Å². The summed E-state index contributed by atoms with van der Waals surface area (Å²) >= 11 is 3.64. The van der Waals surface area contributed by atoms with E-state index in [0.717, 1.165) is 18.7 Å². The van der Waals surface area contributed by atoms with Crippen LogP contribution in [0, 0.1) is 5.92 Å². The van der Waals surface area contributed by atoms with Crippen molar-refractivity contribution in [1.29, 1.82) is 0 Å². The van der Waals surface area contributed by atoms with Crippen molar-refractivity contribution in [2.24, 2.45) is 5.92 Å². The largest absolute Gasteiger partial charge is 0.497 e. The van der Waals surface area contributed by atoms with Gasteiger partial charge in [-0.25, -0.2) is 0 Å². The van der Waals surface area contributed by atoms with Gasteiger partial charge < -0.3 is 10.1 Å². The van der Waals surface area contributed by atoms with Crippen molar-refractivity contribution < 1.29 is 4.74 Å². The molecule has 0 aliphatic heterocycles. The molecule has 0 amide bonds. The second kappa shape index (κ2) is 8.60. The zero-order valence-electron chi connectivity index (χ0n) is 12.5. The molecule has 2 atom stereocenters. The summed E-state index contributed by atoms with van der Waals surface area (Å²) in [5, 5.41) is 3.61. The van der Waals surface area contributed by atoms with E-state index in [1.54, 1.807) is 7.11 Å². The number of halogens is 1. The maximum absolute atomic E-state index is 5.31. The lowest BCUT2D eigenvalue weighted by atomic mass is 9.90. The Morgan fingerprint density at radius 3 is 2.63 bits per heavy atom. The molecule has 1 aromatic carbocycles. The molecule has 108 valence electrons. The number of hydrogen-bond donors (Lipinski definition) is 1. The first kappa shape index (κ1) is 16.5. The summed E-state index contributed by atoms with van der Waals surface area (Å²) in [6, 6.07) is 6.75. The monoisotopic (exact) mass is 327 g/mol. The van der Waals surface area contributed by atoms with E-state index in [0.29, 0.717) is 12.0 Å². The maximum Gasteiger partial charge on any atom is 0.119 e. The van der Waals surface area contributed by atoms with Crippen LogP contribution in [0.15, 0.2) is 22.7 Å². The fourth-order valence-corrected chi connectivity index (χ4v) is 2.74. The van der Waals surface area contributed by atoms with Gasteiger partial charge in [0.25, 0.3) is 0 Å². The number of hydrogen-bond acceptors (Lipinski definition) is 2. The summed E-state index contributed by atoms with van der Waals surface area (Å²) in [4.78, 5) is 0. The third kappa shape index (κ3) is 5.15. The van der Waals surface area contributed by atoms with Gasteiger partial charge in [-0.2, -0.15) is 0 Å². The molecule has 2 unspecified atom stereocenters. The Morgan fingerprint density at radius 1 is 1.32 bits per heavy atom. The Balaban J connectivity index is 2.74. The molecule has 1 rings (SSSR count). The van der Waals surface area contributed by atoms with E-state index in [-0.39, 0.29) is 0 Å². The van der Waals surface area contributed by atoms with Gasteiger partial charge in [0.2, 0.25) is 0 Å². The fraction of sp³-hybridized carbons (Fsp3) is 0.625. The summed E-state index contributed by atoms with van der Waals surface area (Å²) in [5.74, 6) is 1.58. The molecule has 0 saturated heterocycles. The highest BCUT2D eigenvalue weighted by molar-refractivity contribution is 9.10. The molecule has 0 aromatic heterocycles. The topological polar surface area (TPSA) is 21.3 Å². The average Bonchev–Trinajstić information content (AvgIpc) is 2.43. The number of methoxy groups -OCH3 is 1. The van der Waals surface area contributed by atoms with Crippen LogP contribution in [0.2, 0.25) is 0 Å². The van der Waals surface area contributed by atoms with E-state index in [9.17, 15) is 0 Å². The Bertz CT molecular complexity index is 381. The van der Waals surface area contributed by atoms with Crippen molar-refractivity contribution in [3.63, 3.8) is 0 Å². The predicted octanol–water partition coefficient (Wildman–Crippen LogP) is 4.41. The van der Waals surface area contributed by atoms with Crippen molar-refractivity contribution in [1.82, 2.24) is 5.32 Å². The standard InChI is InChI=1S/C16H26BrNO/c1-5-9-18-12(3)13(6-2)10-14-11-15(19-4)7-8-16(14)17/h7-8,11-13,18H,5-6,9-10H2,1-4H3. The molecule has 2 nitrogen and oxygen atoms in total. The van der Waals surface area contributed by atoms with Gasteiger partial charge in [0.1, 0.15) is 5.75 Å². The predicted molar refractivity (Wildman–Crippen MR) is 85.9 cm³/mol. The summed E-state index contributed by atoms with van der Waals surface area (Å²) in [5.41, 5.74) is 1.33. The third-order valence-corrected chi connectivity index (χ3v) is 4.46. The van der Waals surface area contributed by atoms with E-state index >= 15 is 0 Å². The fourth-order valence-electron chi connectivity index (χ4n) is 2.33. The summed E-state index contributed by atoms with van der Waals surface area (Å²) in [7, 11) is 1.72. The quantitative estimate of drug-likeness (QED) is 0.763. The lowest BCUT2D eigenvalue weighted by molar-refractivity contribution is 0.361. The summed E-state index contributed by atoms with van der Waals surface area (Å²) < 4.78 is 6.49. The van der Waals surface area contributed by atoms with Crippen molar-refractivity contribution >= 4 is 15.9 Å². The van der Waals surface area contributed by atoms with Crippen LogP contribution in [0.1, 0.15) is 39.2 Å². The SMILES string of the molecule is CCCNC(C)C(CC)Cc1cc(OC)ccc1Br. The first-order chi connectivity index (χ1) is 9.12. The molecule has 0 fully saturated rings. The maximum atomic E-state index is 5.31. The number of ether oxygens (including phenoxy) is 1. The Morgan fingerprint density at radius 2 is 2.05 bits per heavy atom. The lowest BCUT2D eigenvalue weighted by Gasteiger charge is -2.24. The molecular weight excluding hydrogens is 302 g/mol. The number of rotatable bonds is 8. The van der Waals surface area contributed by atoms with Crippen LogP contribution < -0.4 is 10.1 Å². The molecular formula is C16H26BrNO. The van der Waals surface area contributed by atoms with Crippen LogP contribution in [0.25, 0.3) is 0 Å². The minimum absolute atomic E-state index is 0.544. The van der Waals surface area contributed by atoms with E-state index < -0.39 is 0 Å². The van der Waals surface area contributed by atoms with E-state index in [1.165, 1.54) is 22.9 Å². The summed E-state index contributed by atoms with van der Waals surface area (Å²) in [6.07, 6.45) is 3.44. The molecule has 19 heavy (non-hydrogen) atoms. The normalized spacial score (nSPS) is 14.2. The first-order valence-electron chi connectivity index (χ1n) is 7.18. The van der Waals surface area contributed by atoms with Gasteiger partial charge >= 0.3 is 0 Å². The van der Waals surface area contributed by atoms with E-state index in [2.05, 4.69) is 54.2 Å². The van der Waals surface area contributed by atoms with Crippen molar-refractivity contribution in [2.45, 2.75) is 46.1 Å². The average molecular weight is 328 g/mol. The molecule has 0 aliphatic carbocycles. The minimum atomic E-state index is 0.544. The van der Waals surface area contributed by atoms with Gasteiger partial charge in [0, 0.05) is 10.5 Å². The molecule has 0 aliphatic rings. The minimum Gasteiger partial charge on any atom is -0.497 e. The molecule has 0 bridgehead atoms. The molecule has 1 N–H and O–H groups in total. The molecule has 1 aromatic rings. The van der Waals surface area contributed by atoms with Crippen LogP contribution >= 0.6 is 15.9 Å². The second-order valence-corrected chi connectivity index (χ2v) is 5.93. The first-order valence-corrected chi connectivity index (χ1v) is 7.97. The second-order valence-electron chi connectivity index (χ2n) is 5.07. The van der Waals surface area contributed by atoms with Crippen molar-refractivity contribution in [3.8, 4) is 5.75 Å². The highest BCUT2D eigenvalue weighted by atomic mass is 79.9. The Kier molecular flexibility index (Phi) is 7.47. The molecule has 0 heterocycles. The number of nitrogens with one attached hydrogen (secondary N) is 1. The van der Waals surface area contributed by atoms with Gasteiger partial charge in [-0.1, -0.05) is 36.2 Å². The molecule has 0 saturated carbocycles. The van der Waals surface area contributed by atoms with Crippen LogP contribution in [-0.2, 0) is 6.42 Å². The zero-order valence-corrected chi connectivity index (χ0v) is 14.1. The third-order valence-electron chi connectivity index (χ3n) is 3.68. The van der Waals surface area contributed by atoms with Crippen molar-refractivity contribution in [3.05, 3.63) is 28.2 Å². The zero-order chi connectivity index (χ0) is 14.3. The van der Waals surface area contributed by atoms with Gasteiger partial charge in [-0.3, -0.25) is 0 Å². The highest BCUT2D eigenvalue weighted by Crippen LogP contribution is 2.26. The number of benzene rings is 1. The van der Waals surface area contributed by atoms with Crippen LogP contribution in [0.3, 0.4) is 0 Å². The van der Waals surface area contributed by atoms with Gasteiger partial charge in [0.15, 0.2) is 0 Å². The Labute approximate surface area is 126 Å². The van der Waals surface area contributed by atoms with E-state index in [1.807, 2.05) is 6.07 Å². The van der Waals surface area contributed by atoms with Crippen LogP contribution in [0.4, 0.5) is 0 Å². The summed E-state index contributed by atoms with van der Waals surface area (Å²) in [6.45, 7) is 7.86. The van der Waals surface area contributed by atoms with Crippen LogP contribution in [0.5, 0.6) is 5.75 Å². The molecule has 3 heteroatoms. The smallest absolute Gasteiger partial charge is 0.119 e. The molecule has 0 radical (unpaired) electrons. The van der Waals surface area contributed by atoms with Crippen molar-refractivity contribution in [2.75, 3.05) is 13.7 Å². The van der Waals surface area contributed by atoms with Crippen LogP contribution in [-0.4, -0.2) is 19.7 Å². The van der Waals surface area contributed by atoms with Gasteiger partial charge in [-0.15, -0.1) is 0 Å². The Hall–Kier alpha value is -0.540. The van der Waals surface area contributed by atoms with Gasteiger partial charge in [-0.05, 0) is 56.0 Å². The lowest BCUT2D eigenvalue weighted by Crippen LogP contribution is -2.34.